The molecule has 3 saturated heterocycles. The number of benzene rings is 3. The minimum absolute atomic E-state index is 0. The van der Waals surface area contributed by atoms with E-state index in [1.165, 1.54) is 39.0 Å². The van der Waals surface area contributed by atoms with Gasteiger partial charge in [0.05, 0.1) is 52.7 Å². The van der Waals surface area contributed by atoms with E-state index in [2.05, 4.69) is 45.9 Å². The van der Waals surface area contributed by atoms with E-state index in [1.807, 2.05) is 25.8 Å². The normalized spacial score (nSPS) is 30.5. The van der Waals surface area contributed by atoms with Crippen molar-refractivity contribution in [1.29, 1.82) is 0 Å². The molecule has 6 aliphatic heterocycles. The van der Waals surface area contributed by atoms with E-state index in [9.17, 15) is 51.9 Å². The minimum atomic E-state index is -3.43. The third-order valence-corrected chi connectivity index (χ3v) is 26.5. The summed E-state index contributed by atoms with van der Waals surface area (Å²) < 4.78 is 158. The van der Waals surface area contributed by atoms with Gasteiger partial charge in [0.2, 0.25) is 35.4 Å². The van der Waals surface area contributed by atoms with Crippen molar-refractivity contribution in [3.63, 3.8) is 0 Å². The fourth-order valence-electron chi connectivity index (χ4n) is 18.3. The average molecular weight is 1950 g/mol. The summed E-state index contributed by atoms with van der Waals surface area (Å²) in [5, 5.41) is 8.51. The summed E-state index contributed by atoms with van der Waals surface area (Å²) in [6, 6.07) is 5.30. The Morgan fingerprint density at radius 3 is 1.15 bits per heavy atom. The molecule has 15 rings (SSSR count). The monoisotopic (exact) mass is 1950 g/mol. The van der Waals surface area contributed by atoms with Crippen molar-refractivity contribution >= 4 is 99.6 Å². The van der Waals surface area contributed by atoms with Crippen molar-refractivity contribution in [3.8, 4) is 17.6 Å². The molecule has 9 aliphatic rings. The number of hydrogen-bond donors (Lipinski definition) is 3. The van der Waals surface area contributed by atoms with Crippen LogP contribution >= 0.6 is 11.6 Å². The summed E-state index contributed by atoms with van der Waals surface area (Å²) in [6.45, 7) is 24.5. The molecule has 6 amide bonds. The number of aromatic nitrogens is 6. The minimum Gasteiger partial charge on any atom is -0.540 e. The van der Waals surface area contributed by atoms with Crippen molar-refractivity contribution in [3.05, 3.63) is 88.3 Å². The van der Waals surface area contributed by atoms with Crippen molar-refractivity contribution < 1.29 is 162 Å². The maximum absolute atomic E-state index is 15.8. The van der Waals surface area contributed by atoms with Gasteiger partial charge in [0.1, 0.15) is 65.4 Å². The second-order valence-corrected chi connectivity index (χ2v) is 39.4. The molecule has 0 spiro atoms. The molecule has 130 heavy (non-hydrogen) atoms. The Balaban J connectivity index is 0.000000200. The summed E-state index contributed by atoms with van der Waals surface area (Å²) in [7, 11) is 0. The smallest absolute Gasteiger partial charge is 0.408 e. The van der Waals surface area contributed by atoms with Crippen LogP contribution in [0.3, 0.4) is 0 Å². The summed E-state index contributed by atoms with van der Waals surface area (Å²) in [5.74, 6) is -16.1. The summed E-state index contributed by atoms with van der Waals surface area (Å²) in [4.78, 5) is 147. The molecule has 39 heteroatoms. The second kappa shape index (κ2) is 40.5. The third-order valence-electron chi connectivity index (χ3n) is 26.3. The molecule has 3 aliphatic carbocycles. The Hall–Kier alpha value is -8.21. The van der Waals surface area contributed by atoms with Crippen molar-refractivity contribution in [2.75, 3.05) is 19.6 Å². The Morgan fingerprint density at radius 1 is 0.446 bits per heavy atom. The van der Waals surface area contributed by atoms with Crippen LogP contribution in [-0.2, 0) is 116 Å². The second-order valence-electron chi connectivity index (χ2n) is 39.0. The van der Waals surface area contributed by atoms with Crippen LogP contribution < -0.4 is 30.2 Å². The number of alkyl halides is 6. The van der Waals surface area contributed by atoms with Gasteiger partial charge in [-0.05, 0) is 154 Å². The van der Waals surface area contributed by atoms with Crippen LogP contribution in [0.4, 0.5) is 49.5 Å². The van der Waals surface area contributed by atoms with E-state index in [4.69, 9.17) is 40.0 Å². The molecule has 3 N–H and O–H groups in total. The number of amides is 6. The van der Waals surface area contributed by atoms with Gasteiger partial charge in [-0.3, -0.25) is 14.4 Å². The van der Waals surface area contributed by atoms with Gasteiger partial charge in [0.25, 0.3) is 17.8 Å². The molecule has 3 radical (unpaired) electrons. The number of ether oxygens (including phenoxy) is 6. The van der Waals surface area contributed by atoms with Gasteiger partial charge in [-0.1, -0.05) is 145 Å². The first-order valence-corrected chi connectivity index (χ1v) is 44.1. The summed E-state index contributed by atoms with van der Waals surface area (Å²) in [5.41, 5.74) is -4.89. The van der Waals surface area contributed by atoms with Crippen LogP contribution in [0.1, 0.15) is 223 Å². The predicted octanol–water partition coefficient (Wildman–Crippen LogP) is 16.1. The Labute approximate surface area is 790 Å². The van der Waals surface area contributed by atoms with Crippen LogP contribution in [0.25, 0.3) is 33.1 Å². The van der Waals surface area contributed by atoms with E-state index >= 15 is 26.3 Å². The first kappa shape index (κ1) is 104. The number of halogens is 9. The van der Waals surface area contributed by atoms with E-state index in [-0.39, 0.29) is 157 Å². The summed E-state index contributed by atoms with van der Waals surface area (Å²) in [6.07, 6.45) is 5.30. The van der Waals surface area contributed by atoms with Gasteiger partial charge in [0, 0.05) is 104 Å². The van der Waals surface area contributed by atoms with E-state index in [0.717, 1.165) is 24.3 Å². The molecule has 6 aromatic rings. The molecule has 18 atom stereocenters. The number of fused-ring (bicyclic) bond motifs is 15. The van der Waals surface area contributed by atoms with Gasteiger partial charge >= 0.3 is 18.3 Å². The predicted molar refractivity (Wildman–Crippen MR) is 448 cm³/mol. The number of nitrogens with zero attached hydrogens (tertiary/aromatic N) is 9. The first-order chi connectivity index (χ1) is 59.6. The molecule has 6 fully saturated rings. The quantitative estimate of drug-likeness (QED) is 0.0820. The fraction of sp³-hybridized carbons (Fsp3) is 0.637. The number of hydrogen-bond acceptors (Lipinski definition) is 21. The maximum Gasteiger partial charge on any atom is 0.408 e. The molecule has 9 heterocycles. The van der Waals surface area contributed by atoms with E-state index in [0.29, 0.717) is 75.7 Å². The Morgan fingerprint density at radius 2 is 0.785 bits per heavy atom. The van der Waals surface area contributed by atoms with Crippen LogP contribution in [0.15, 0.2) is 54.6 Å². The number of nitrogens with one attached hydrogen (secondary N) is 3. The van der Waals surface area contributed by atoms with Crippen molar-refractivity contribution in [1.82, 2.24) is 60.6 Å². The van der Waals surface area contributed by atoms with Gasteiger partial charge in [0.15, 0.2) is 17.1 Å². The number of carbonyl (C=O) groups excluding carboxylic acids is 9. The number of alkyl carbamates (subject to hydrolysis) is 3. The van der Waals surface area contributed by atoms with Crippen LogP contribution in [0.2, 0.25) is 5.02 Å². The topological polar surface area (TPSA) is 332 Å². The molecule has 27 nitrogen and oxygen atoms in total. The Kier molecular flexibility index (Phi) is 32.4. The molecule has 6 bridgehead atoms. The molecule has 3 saturated carbocycles. The molecule has 3 aromatic heterocycles. The zero-order valence-electron chi connectivity index (χ0n) is 75.0. The zero-order chi connectivity index (χ0) is 92.3. The van der Waals surface area contributed by atoms with Gasteiger partial charge in [-0.15, -0.1) is 0 Å². The Bertz CT molecular complexity index is 5200. The molecular formula is C91H110ClF8N12O15V3-3. The van der Waals surface area contributed by atoms with Gasteiger partial charge in [-0.25, -0.2) is 71.9 Å². The molecule has 3 aromatic carbocycles. The van der Waals surface area contributed by atoms with Gasteiger partial charge < -0.3 is 73.5 Å². The number of carbonyl (C=O) groups is 6. The molecular weight excluding hydrogens is 1840 g/mol. The summed E-state index contributed by atoms with van der Waals surface area (Å²) >= 11 is 6.13. The SMILES string of the molecule is CC[C@@H]1[C@@H]2CN(C(=O)[C@H](C(C)(C)C)NC(=O)O[C@@H]3C[C@H]3CCCCC(F)(F)c3nc4ccc(F)cc4nc3O2)[C@@H]1[C-]=O.CC[C@@H]1[C@@H]2CN(C(=O)[C@H](C(C)(C)C)NC(=O)O[C@]3(C)C[C@H]3CCCCC(F)(F)c3nc4ccc(F)cc4nc3O2)[C@@H]1[C-]=O.C[C@@H]1[C@@H]2CN(C(=O)[C@H](C(C)(C)C)NC(=O)O[C@]3(C)C[C@H]3CCCCC(F)(F)c3nc4ccc(Cl)cc4nc3O2)[C@@H]1[C-]=O.[V].[V].[V]. The van der Waals surface area contributed by atoms with Crippen molar-refractivity contribution in [2.24, 2.45) is 51.8 Å². The zero-order valence-corrected chi connectivity index (χ0v) is 79.9. The first-order valence-electron chi connectivity index (χ1n) is 43.7. The average Bonchev–Trinajstić information content (AvgIpc) is 1.52. The van der Waals surface area contributed by atoms with Crippen molar-refractivity contribution in [2.45, 2.75) is 296 Å². The van der Waals surface area contributed by atoms with Crippen LogP contribution in [-0.4, -0.2) is 191 Å². The van der Waals surface area contributed by atoms with Crippen LogP contribution in [0.5, 0.6) is 17.6 Å². The number of rotatable bonds is 5. The maximum atomic E-state index is 15.8. The molecule has 0 unspecified atom stereocenters. The largest absolute Gasteiger partial charge is 0.540 e. The standard InChI is InChI=1S/C31H38F3N4O5.C30H36ClF2N4O5.C30H36F3N4O5.3V/c1-6-19-22(16-39)38-15-23(19)42-26-24(35-20-11-10-18(32)13-21(20)36-26)31(33,34)12-8-7-9-17-14-30(17,5)43-28(41)37-25(27(38)40)29(2,3)4;1-16-21(15-38)37-14-22(16)41-25-23(34-19-10-9-18(31)12-20(19)35-25)30(32,33)11-7-6-8-17-13-29(17,5)42-27(40)36-24(26(37)39)28(2,3)4;1-5-18-21(15-38)37-14-23(18)41-26-24(34-19-10-9-17(31)13-20(19)35-26)30(32,33)11-7-6-8-16-12-22(16)42-28(40)36-25(27(37)39)29(2,3)4;;;/h10-11,13,17,19,22-23,25H,6-9,12,14-15H2,1-5H3,(H,37,41);9-10,12,16-17,21-22,24H,6-8,11,13-14H2,1-5H3,(H,36,40);9-10,13,16,18,21-23,25H,5-8,11-12,14H2,1-4H3,(H,36,40);;;/q3*-1;;;/t17-,19+,22-,23+,25-,30-;16-,17+,21+,22-,24+,29+;16-,18+,21-,22-,23+,25-;;;/m101.../s1. The van der Waals surface area contributed by atoms with E-state index < -0.39 is 213 Å². The van der Waals surface area contributed by atoms with Gasteiger partial charge in [-0.2, -0.15) is 26.3 Å². The third kappa shape index (κ3) is 23.1. The molecule has 705 valence electrons. The van der Waals surface area contributed by atoms with Crippen LogP contribution in [0, 0.1) is 63.4 Å². The van der Waals surface area contributed by atoms with E-state index in [1.54, 1.807) is 96.1 Å². The fourth-order valence-corrected chi connectivity index (χ4v) is 18.5.